The number of aliphatic imine (C=N–C) groups is 1. The van der Waals surface area contributed by atoms with Gasteiger partial charge in [0.2, 0.25) is 5.96 Å². The van der Waals surface area contributed by atoms with Crippen molar-refractivity contribution in [2.24, 2.45) is 4.99 Å². The lowest BCUT2D eigenvalue weighted by molar-refractivity contribution is -0.117. The van der Waals surface area contributed by atoms with Crippen LogP contribution in [0.4, 0.5) is 0 Å². The Balaban J connectivity index is 2.07. The summed E-state index contributed by atoms with van der Waals surface area (Å²) in [6, 6.07) is -0.0117. The van der Waals surface area contributed by atoms with Gasteiger partial charge in [-0.15, -0.1) is 6.58 Å². The number of hydrogen-bond acceptors (Lipinski definition) is 3. The highest BCUT2D eigenvalue weighted by molar-refractivity contribution is 6.76. The minimum atomic E-state index is -2.10. The molecule has 136 valence electrons. The lowest BCUT2D eigenvalue weighted by Crippen LogP contribution is -2.74. The van der Waals surface area contributed by atoms with E-state index in [1.54, 1.807) is 0 Å². The molecule has 1 amide bonds. The first-order chi connectivity index (χ1) is 11.7. The van der Waals surface area contributed by atoms with Gasteiger partial charge in [0, 0.05) is 0 Å². The summed E-state index contributed by atoms with van der Waals surface area (Å²) < 4.78 is -2.10. The molecule has 3 rings (SSSR count). The summed E-state index contributed by atoms with van der Waals surface area (Å²) in [5.74, 6) is 0.255. The Kier molecular flexibility index (Phi) is 4.73. The smallest absolute Gasteiger partial charge is 0.300 e. The van der Waals surface area contributed by atoms with Crippen LogP contribution in [0.2, 0.25) is 0 Å². The first kappa shape index (κ1) is 18.4. The van der Waals surface area contributed by atoms with Gasteiger partial charge in [0.05, 0.1) is 23.9 Å². The molecule has 25 heavy (non-hydrogen) atoms. The summed E-state index contributed by atoms with van der Waals surface area (Å²) in [7, 11) is 0. The minimum absolute atomic E-state index is 0.0112. The number of carbonyl (C=O) groups excluding carboxylic acids is 1. The zero-order chi connectivity index (χ0) is 18.4. The van der Waals surface area contributed by atoms with Crippen LogP contribution in [0.25, 0.3) is 0 Å². The van der Waals surface area contributed by atoms with Crippen LogP contribution in [0, 0.1) is 0 Å². The van der Waals surface area contributed by atoms with Crippen molar-refractivity contribution in [2.75, 3.05) is 0 Å². The Bertz CT molecular complexity index is 671. The topological polar surface area (TPSA) is 68.8 Å². The second-order valence-corrected chi connectivity index (χ2v) is 8.55. The Hall–Kier alpha value is -1.37. The fourth-order valence-corrected chi connectivity index (χ4v) is 3.83. The van der Waals surface area contributed by atoms with E-state index in [4.69, 9.17) is 34.8 Å². The van der Waals surface area contributed by atoms with Crippen LogP contribution in [0.1, 0.15) is 19.8 Å². The molecule has 9 heteroatoms. The maximum Gasteiger partial charge on any atom is 0.300 e. The summed E-state index contributed by atoms with van der Waals surface area (Å²) in [6.07, 6.45) is 7.45. The third-order valence-electron chi connectivity index (χ3n) is 4.70. The van der Waals surface area contributed by atoms with E-state index < -0.39 is 15.4 Å². The monoisotopic (exact) mass is 403 g/mol. The van der Waals surface area contributed by atoms with E-state index >= 15 is 0 Å². The summed E-state index contributed by atoms with van der Waals surface area (Å²) in [6.45, 7) is 9.86. The van der Waals surface area contributed by atoms with Crippen molar-refractivity contribution in [3.8, 4) is 0 Å². The van der Waals surface area contributed by atoms with Gasteiger partial charge in [0.15, 0.2) is 5.66 Å². The zero-order valence-corrected chi connectivity index (χ0v) is 16.0. The molecule has 1 spiro atoms. The molecule has 0 aromatic rings. The molecule has 3 heterocycles. The Morgan fingerprint density at radius 2 is 2.20 bits per heavy atom. The first-order valence-electron chi connectivity index (χ1n) is 8.02. The van der Waals surface area contributed by atoms with Crippen LogP contribution in [-0.2, 0) is 4.79 Å². The van der Waals surface area contributed by atoms with Gasteiger partial charge < -0.3 is 20.9 Å². The molecular weight excluding hydrogens is 385 g/mol. The third-order valence-corrected chi connectivity index (χ3v) is 5.19. The summed E-state index contributed by atoms with van der Waals surface area (Å²) >= 11 is 17.1. The fourth-order valence-electron chi connectivity index (χ4n) is 3.70. The Morgan fingerprint density at radius 1 is 1.48 bits per heavy atom. The molecule has 0 aromatic heterocycles. The maximum atomic E-state index is 12.2. The number of halogens is 3. The molecule has 3 aliphatic heterocycles. The SMILES string of the molecule is C=CC[C@H]1C=C[C@]23NC(=C)N[C@H]2[C@H](CC)N/C(=N\C(=O)C(Cl)(Cl)Cl)N13. The van der Waals surface area contributed by atoms with Crippen LogP contribution >= 0.6 is 34.8 Å². The molecule has 4 atom stereocenters. The number of hydrogen-bond donors (Lipinski definition) is 3. The molecule has 0 radical (unpaired) electrons. The largest absolute Gasteiger partial charge is 0.363 e. The van der Waals surface area contributed by atoms with Crippen molar-refractivity contribution in [3.63, 3.8) is 0 Å². The molecule has 0 saturated carbocycles. The fraction of sp³-hybridized carbons (Fsp3) is 0.500. The zero-order valence-electron chi connectivity index (χ0n) is 13.7. The predicted octanol–water partition coefficient (Wildman–Crippen LogP) is 2.17. The van der Waals surface area contributed by atoms with Gasteiger partial charge in [0.25, 0.3) is 3.79 Å². The van der Waals surface area contributed by atoms with Crippen LogP contribution in [0.15, 0.2) is 42.2 Å². The second-order valence-electron chi connectivity index (χ2n) is 6.27. The van der Waals surface area contributed by atoms with Gasteiger partial charge in [-0.25, -0.2) is 0 Å². The quantitative estimate of drug-likeness (QED) is 0.497. The van der Waals surface area contributed by atoms with Crippen molar-refractivity contribution in [1.82, 2.24) is 20.9 Å². The van der Waals surface area contributed by atoms with E-state index in [-0.39, 0.29) is 18.1 Å². The summed E-state index contributed by atoms with van der Waals surface area (Å²) in [5, 5.41) is 10.1. The van der Waals surface area contributed by atoms with Crippen LogP contribution in [0.3, 0.4) is 0 Å². The van der Waals surface area contributed by atoms with Gasteiger partial charge >= 0.3 is 5.91 Å². The van der Waals surface area contributed by atoms with Crippen LogP contribution in [0.5, 0.6) is 0 Å². The van der Waals surface area contributed by atoms with Crippen molar-refractivity contribution < 1.29 is 4.79 Å². The molecule has 2 saturated heterocycles. The number of carbonyl (C=O) groups is 1. The highest BCUT2D eigenvalue weighted by Crippen LogP contribution is 2.39. The highest BCUT2D eigenvalue weighted by atomic mass is 35.6. The van der Waals surface area contributed by atoms with E-state index in [0.717, 1.165) is 6.42 Å². The van der Waals surface area contributed by atoms with Crippen LogP contribution < -0.4 is 16.0 Å². The molecule has 3 aliphatic rings. The molecule has 0 aliphatic carbocycles. The van der Waals surface area contributed by atoms with Crippen molar-refractivity contribution in [3.05, 3.63) is 37.2 Å². The average Bonchev–Trinajstić information content (AvgIpc) is 3.05. The van der Waals surface area contributed by atoms with E-state index in [1.165, 1.54) is 0 Å². The average molecular weight is 405 g/mol. The molecule has 3 N–H and O–H groups in total. The maximum absolute atomic E-state index is 12.2. The van der Waals surface area contributed by atoms with Crippen molar-refractivity contribution >= 4 is 46.7 Å². The Labute approximate surface area is 162 Å². The standard InChI is InChI=1S/C16H20Cl3N5O/c1-4-6-10-7-8-15-12(20-9(3)23-15)11(5-2)21-14(24(10)15)22-13(25)16(17,18)19/h4,7-8,10-12,20,23H,1,3,5-6H2,2H3,(H,21,22,25)/t10-,11-,12-,15+/m0/s1. The molecule has 2 fully saturated rings. The van der Waals surface area contributed by atoms with Crippen LogP contribution in [-0.4, -0.2) is 44.3 Å². The van der Waals surface area contributed by atoms with E-state index in [2.05, 4.69) is 53.2 Å². The predicted molar refractivity (Wildman–Crippen MR) is 101 cm³/mol. The molecule has 0 aromatic carbocycles. The summed E-state index contributed by atoms with van der Waals surface area (Å²) in [5.41, 5.74) is -0.580. The molecule has 0 unspecified atom stereocenters. The Morgan fingerprint density at radius 3 is 2.80 bits per heavy atom. The van der Waals surface area contributed by atoms with Crippen molar-refractivity contribution in [1.29, 1.82) is 0 Å². The molecule has 6 nitrogen and oxygen atoms in total. The summed E-state index contributed by atoms with van der Waals surface area (Å²) in [4.78, 5) is 18.3. The minimum Gasteiger partial charge on any atom is -0.363 e. The number of amides is 1. The normalized spacial score (nSPS) is 34.9. The van der Waals surface area contributed by atoms with Gasteiger partial charge in [-0.3, -0.25) is 4.79 Å². The second kappa shape index (κ2) is 6.41. The lowest BCUT2D eigenvalue weighted by atomic mass is 9.90. The van der Waals surface area contributed by atoms with Gasteiger partial charge in [-0.1, -0.05) is 60.5 Å². The number of nitrogens with one attached hydrogen (secondary N) is 3. The van der Waals surface area contributed by atoms with E-state index in [0.29, 0.717) is 18.2 Å². The third kappa shape index (κ3) is 3.00. The van der Waals surface area contributed by atoms with E-state index in [9.17, 15) is 4.79 Å². The molecule has 0 bridgehead atoms. The first-order valence-corrected chi connectivity index (χ1v) is 9.16. The highest BCUT2D eigenvalue weighted by Gasteiger charge is 2.58. The lowest BCUT2D eigenvalue weighted by Gasteiger charge is -2.50. The van der Waals surface area contributed by atoms with Gasteiger partial charge in [0.1, 0.15) is 0 Å². The number of nitrogens with zero attached hydrogens (tertiary/aromatic N) is 2. The number of alkyl halides is 3. The number of rotatable bonds is 3. The molecular formula is C16H20Cl3N5O. The van der Waals surface area contributed by atoms with Gasteiger partial charge in [-0.2, -0.15) is 4.99 Å². The van der Waals surface area contributed by atoms with E-state index in [1.807, 2.05) is 11.0 Å². The van der Waals surface area contributed by atoms with Gasteiger partial charge in [-0.05, 0) is 18.9 Å². The number of guanidine groups is 1. The van der Waals surface area contributed by atoms with Crippen molar-refractivity contribution in [2.45, 2.75) is 47.3 Å².